The van der Waals surface area contributed by atoms with Gasteiger partial charge in [0.05, 0.1) is 29.3 Å². The van der Waals surface area contributed by atoms with E-state index >= 15 is 0 Å². The Balaban J connectivity index is 2.03. The molecule has 10 heteroatoms. The Labute approximate surface area is 172 Å². The molecule has 1 aromatic heterocycles. The van der Waals surface area contributed by atoms with Crippen LogP contribution in [0.4, 0.5) is 13.2 Å². The highest BCUT2D eigenvalue weighted by atomic mass is 32.2. The minimum absolute atomic E-state index is 0.0807. The first-order valence-electron chi connectivity index (χ1n) is 8.80. The number of esters is 1. The zero-order valence-electron chi connectivity index (χ0n) is 15.7. The van der Waals surface area contributed by atoms with Crippen molar-refractivity contribution in [1.29, 1.82) is 0 Å². The number of rotatable bonds is 6. The minimum atomic E-state index is -4.64. The molecule has 0 spiro atoms. The topological polar surface area (TPSA) is 81.4 Å². The molecule has 0 amide bonds. The standard InChI is InChI=1S/C20H17F3N2O4S/c1-2-29-19(26)15-7-9-16(10-8-15)25-17(11-18(24-25)20(21,22)23)14-5-3-13(4-6-14)12-30(27)28/h3-11H,2,12H2,1H3,(H,27,28). The lowest BCUT2D eigenvalue weighted by molar-refractivity contribution is -0.141. The lowest BCUT2D eigenvalue weighted by Crippen LogP contribution is -2.08. The second kappa shape index (κ2) is 8.80. The zero-order valence-corrected chi connectivity index (χ0v) is 16.5. The van der Waals surface area contributed by atoms with E-state index in [1.165, 1.54) is 24.3 Å². The number of hydrogen-bond acceptors (Lipinski definition) is 4. The Morgan fingerprint density at radius 2 is 1.77 bits per heavy atom. The van der Waals surface area contributed by atoms with E-state index in [9.17, 15) is 22.2 Å². The Bertz CT molecular complexity index is 1060. The second-order valence-electron chi connectivity index (χ2n) is 6.25. The predicted octanol–water partition coefficient (Wildman–Crippen LogP) is 4.46. The van der Waals surface area contributed by atoms with E-state index in [2.05, 4.69) is 5.10 Å². The largest absolute Gasteiger partial charge is 0.462 e. The van der Waals surface area contributed by atoms with Crippen molar-refractivity contribution in [3.8, 4) is 16.9 Å². The van der Waals surface area contributed by atoms with Crippen molar-refractivity contribution in [2.75, 3.05) is 6.61 Å². The van der Waals surface area contributed by atoms with Crippen LogP contribution in [0.3, 0.4) is 0 Å². The van der Waals surface area contributed by atoms with Gasteiger partial charge in [-0.3, -0.25) is 0 Å². The minimum Gasteiger partial charge on any atom is -0.462 e. The van der Waals surface area contributed by atoms with Gasteiger partial charge in [0.25, 0.3) is 0 Å². The van der Waals surface area contributed by atoms with E-state index in [0.29, 0.717) is 16.8 Å². The van der Waals surface area contributed by atoms with Crippen LogP contribution in [0.2, 0.25) is 0 Å². The van der Waals surface area contributed by atoms with Crippen molar-refractivity contribution < 1.29 is 31.5 Å². The van der Waals surface area contributed by atoms with Gasteiger partial charge in [-0.2, -0.15) is 18.3 Å². The molecule has 0 saturated carbocycles. The first-order chi connectivity index (χ1) is 14.2. The molecule has 0 radical (unpaired) electrons. The number of ether oxygens (including phenoxy) is 1. The van der Waals surface area contributed by atoms with Crippen LogP contribution in [0, 0.1) is 0 Å². The normalized spacial score (nSPS) is 12.6. The summed E-state index contributed by atoms with van der Waals surface area (Å²) in [6.45, 7) is 1.88. The van der Waals surface area contributed by atoms with Crippen LogP contribution in [0.1, 0.15) is 28.5 Å². The molecule has 1 unspecified atom stereocenters. The van der Waals surface area contributed by atoms with Gasteiger partial charge in [-0.1, -0.05) is 24.3 Å². The van der Waals surface area contributed by atoms with Gasteiger partial charge in [-0.15, -0.1) is 0 Å². The highest BCUT2D eigenvalue weighted by Gasteiger charge is 2.35. The smallest absolute Gasteiger partial charge is 0.435 e. The molecule has 30 heavy (non-hydrogen) atoms. The fourth-order valence-electron chi connectivity index (χ4n) is 2.79. The second-order valence-corrected chi connectivity index (χ2v) is 7.19. The third-order valence-electron chi connectivity index (χ3n) is 4.16. The average Bonchev–Trinajstić information content (AvgIpc) is 3.14. The van der Waals surface area contributed by atoms with Crippen LogP contribution >= 0.6 is 0 Å². The molecule has 6 nitrogen and oxygen atoms in total. The molecule has 1 heterocycles. The molecule has 0 aliphatic carbocycles. The number of nitrogens with zero attached hydrogens (tertiary/aromatic N) is 2. The Morgan fingerprint density at radius 3 is 2.30 bits per heavy atom. The molecule has 0 saturated heterocycles. The maximum absolute atomic E-state index is 13.3. The summed E-state index contributed by atoms with van der Waals surface area (Å²) in [4.78, 5) is 11.8. The van der Waals surface area contributed by atoms with Gasteiger partial charge >= 0.3 is 12.1 Å². The molecule has 1 atom stereocenters. The summed E-state index contributed by atoms with van der Waals surface area (Å²) >= 11 is -2.02. The summed E-state index contributed by atoms with van der Waals surface area (Å²) in [5.41, 5.74) is 0.733. The van der Waals surface area contributed by atoms with E-state index in [1.807, 2.05) is 0 Å². The van der Waals surface area contributed by atoms with Crippen LogP contribution < -0.4 is 0 Å². The maximum Gasteiger partial charge on any atom is 0.435 e. The molecular weight excluding hydrogens is 421 g/mol. The molecular formula is C20H17F3N2O4S. The molecule has 0 bridgehead atoms. The number of benzene rings is 2. The number of aromatic nitrogens is 2. The number of carbonyl (C=O) groups excluding carboxylic acids is 1. The monoisotopic (exact) mass is 438 g/mol. The SMILES string of the molecule is CCOC(=O)c1ccc(-n2nc(C(F)(F)F)cc2-c2ccc(CS(=O)O)cc2)cc1. The maximum atomic E-state index is 13.3. The van der Waals surface area contributed by atoms with E-state index in [4.69, 9.17) is 9.29 Å². The summed E-state index contributed by atoms with van der Waals surface area (Å²) in [5, 5.41) is 3.70. The lowest BCUT2D eigenvalue weighted by atomic mass is 10.1. The number of halogens is 3. The van der Waals surface area contributed by atoms with Gasteiger partial charge in [-0.05, 0) is 42.8 Å². The van der Waals surface area contributed by atoms with Crippen LogP contribution in [0.15, 0.2) is 54.6 Å². The number of carbonyl (C=O) groups is 1. The van der Waals surface area contributed by atoms with Gasteiger partial charge in [-0.25, -0.2) is 13.7 Å². The molecule has 0 aliphatic rings. The van der Waals surface area contributed by atoms with E-state index in [1.54, 1.807) is 31.2 Å². The first-order valence-corrected chi connectivity index (χ1v) is 10.1. The molecule has 3 aromatic rings. The third kappa shape index (κ3) is 4.95. The fourth-order valence-corrected chi connectivity index (χ4v) is 3.27. The van der Waals surface area contributed by atoms with Crippen molar-refractivity contribution in [3.63, 3.8) is 0 Å². The van der Waals surface area contributed by atoms with Gasteiger partial charge in [0.2, 0.25) is 0 Å². The highest BCUT2D eigenvalue weighted by Crippen LogP contribution is 2.33. The molecule has 0 aliphatic heterocycles. The zero-order chi connectivity index (χ0) is 21.9. The fraction of sp³-hybridized carbons (Fsp3) is 0.200. The average molecular weight is 438 g/mol. The Morgan fingerprint density at radius 1 is 1.13 bits per heavy atom. The van der Waals surface area contributed by atoms with Gasteiger partial charge in [0.1, 0.15) is 0 Å². The van der Waals surface area contributed by atoms with Crippen LogP contribution in [-0.2, 0) is 27.7 Å². The van der Waals surface area contributed by atoms with Crippen LogP contribution in [0.25, 0.3) is 16.9 Å². The summed E-state index contributed by atoms with van der Waals surface area (Å²) < 4.78 is 65.8. The molecule has 3 rings (SSSR count). The Kier molecular flexibility index (Phi) is 6.37. The van der Waals surface area contributed by atoms with E-state index in [0.717, 1.165) is 10.7 Å². The highest BCUT2D eigenvalue weighted by molar-refractivity contribution is 7.78. The third-order valence-corrected chi connectivity index (χ3v) is 4.74. The lowest BCUT2D eigenvalue weighted by Gasteiger charge is -2.09. The molecule has 158 valence electrons. The quantitative estimate of drug-likeness (QED) is 0.454. The van der Waals surface area contributed by atoms with Crippen molar-refractivity contribution in [1.82, 2.24) is 9.78 Å². The van der Waals surface area contributed by atoms with Crippen LogP contribution in [-0.4, -0.2) is 31.1 Å². The molecule has 1 N–H and O–H groups in total. The van der Waals surface area contributed by atoms with Crippen molar-refractivity contribution in [3.05, 3.63) is 71.4 Å². The van der Waals surface area contributed by atoms with E-state index < -0.39 is 28.9 Å². The van der Waals surface area contributed by atoms with E-state index in [-0.39, 0.29) is 23.6 Å². The predicted molar refractivity (Wildman–Crippen MR) is 104 cm³/mol. The Hall–Kier alpha value is -2.98. The van der Waals surface area contributed by atoms with Crippen molar-refractivity contribution in [2.45, 2.75) is 18.9 Å². The number of alkyl halides is 3. The molecule has 0 fully saturated rings. The molecule has 2 aromatic carbocycles. The van der Waals surface area contributed by atoms with Crippen molar-refractivity contribution >= 4 is 17.0 Å². The van der Waals surface area contributed by atoms with Gasteiger partial charge < -0.3 is 9.29 Å². The number of hydrogen-bond donors (Lipinski definition) is 1. The van der Waals surface area contributed by atoms with Gasteiger partial charge in [0, 0.05) is 5.56 Å². The van der Waals surface area contributed by atoms with Crippen molar-refractivity contribution in [2.24, 2.45) is 0 Å². The summed E-state index contributed by atoms with van der Waals surface area (Å²) in [6, 6.07) is 13.0. The van der Waals surface area contributed by atoms with Crippen LogP contribution in [0.5, 0.6) is 0 Å². The summed E-state index contributed by atoms with van der Waals surface area (Å²) in [6.07, 6.45) is -4.64. The summed E-state index contributed by atoms with van der Waals surface area (Å²) in [5.74, 6) is -0.611. The first kappa shape index (κ1) is 21.7. The summed E-state index contributed by atoms with van der Waals surface area (Å²) in [7, 11) is 0. The van der Waals surface area contributed by atoms with Gasteiger partial charge in [0.15, 0.2) is 16.8 Å².